The van der Waals surface area contributed by atoms with Gasteiger partial charge in [0.2, 0.25) is 0 Å². The Kier molecular flexibility index (Phi) is 2.30. The van der Waals surface area contributed by atoms with E-state index >= 15 is 0 Å². The molecule has 96 valence electrons. The number of carbonyl (C=O) groups excluding carboxylic acids is 1. The lowest BCUT2D eigenvalue weighted by atomic mass is 9.55. The minimum atomic E-state index is -0.690. The van der Waals surface area contributed by atoms with E-state index in [1.54, 1.807) is 0 Å². The molecule has 0 aromatic rings. The Morgan fingerprint density at radius 1 is 1.18 bits per heavy atom. The summed E-state index contributed by atoms with van der Waals surface area (Å²) in [6, 6.07) is 0. The van der Waals surface area contributed by atoms with Crippen molar-refractivity contribution in [2.75, 3.05) is 0 Å². The highest BCUT2D eigenvalue weighted by molar-refractivity contribution is 5.88. The van der Waals surface area contributed by atoms with E-state index < -0.39 is 6.10 Å². The fraction of sp³-hybridized carbons (Fsp3) is 0.933. The maximum atomic E-state index is 12.4. The molecule has 4 bridgehead atoms. The molecule has 5 unspecified atom stereocenters. The van der Waals surface area contributed by atoms with Crippen molar-refractivity contribution >= 4 is 5.78 Å². The highest BCUT2D eigenvalue weighted by Crippen LogP contribution is 2.63. The summed E-state index contributed by atoms with van der Waals surface area (Å²) in [5, 5.41) is 10.4. The summed E-state index contributed by atoms with van der Waals surface area (Å²) < 4.78 is 0. The van der Waals surface area contributed by atoms with Crippen molar-refractivity contribution in [3.63, 3.8) is 0 Å². The molecule has 17 heavy (non-hydrogen) atoms. The Bertz CT molecular complexity index is 360. The van der Waals surface area contributed by atoms with Crippen molar-refractivity contribution in [3.8, 4) is 0 Å². The molecule has 0 aromatic heterocycles. The van der Waals surface area contributed by atoms with Crippen molar-refractivity contribution in [1.82, 2.24) is 0 Å². The van der Waals surface area contributed by atoms with E-state index in [2.05, 4.69) is 20.8 Å². The molecular formula is C15H24O2. The predicted molar refractivity (Wildman–Crippen MR) is 66.5 cm³/mol. The lowest BCUT2D eigenvalue weighted by Crippen LogP contribution is -2.54. The van der Waals surface area contributed by atoms with Crippen molar-refractivity contribution in [3.05, 3.63) is 0 Å². The van der Waals surface area contributed by atoms with Gasteiger partial charge >= 0.3 is 0 Å². The third-order valence-corrected chi connectivity index (χ3v) is 6.20. The molecule has 0 amide bonds. The van der Waals surface area contributed by atoms with Crippen LogP contribution in [0.1, 0.15) is 52.9 Å². The molecule has 0 saturated heterocycles. The molecule has 3 aliphatic carbocycles. The normalized spacial score (nSPS) is 52.4. The van der Waals surface area contributed by atoms with Crippen molar-refractivity contribution in [2.45, 2.75) is 59.0 Å². The maximum absolute atomic E-state index is 12.4. The van der Waals surface area contributed by atoms with E-state index in [1.165, 1.54) is 6.42 Å². The van der Waals surface area contributed by atoms with Crippen LogP contribution in [0.2, 0.25) is 0 Å². The minimum absolute atomic E-state index is 0.136. The zero-order chi connectivity index (χ0) is 12.4. The zero-order valence-corrected chi connectivity index (χ0v) is 11.2. The van der Waals surface area contributed by atoms with Crippen LogP contribution in [0.15, 0.2) is 0 Å². The Morgan fingerprint density at radius 2 is 1.88 bits per heavy atom. The first-order chi connectivity index (χ1) is 7.88. The molecule has 3 fully saturated rings. The van der Waals surface area contributed by atoms with E-state index in [9.17, 15) is 9.90 Å². The monoisotopic (exact) mass is 236 g/mol. The van der Waals surface area contributed by atoms with Crippen LogP contribution in [-0.4, -0.2) is 17.0 Å². The lowest BCUT2D eigenvalue weighted by molar-refractivity contribution is -0.154. The number of hydrogen-bond acceptors (Lipinski definition) is 2. The van der Waals surface area contributed by atoms with Gasteiger partial charge in [0.05, 0.1) is 0 Å². The van der Waals surface area contributed by atoms with Gasteiger partial charge < -0.3 is 5.11 Å². The van der Waals surface area contributed by atoms with Crippen LogP contribution >= 0.6 is 0 Å². The van der Waals surface area contributed by atoms with Gasteiger partial charge in [0.15, 0.2) is 5.78 Å². The van der Waals surface area contributed by atoms with Gasteiger partial charge in [0.1, 0.15) is 6.10 Å². The summed E-state index contributed by atoms with van der Waals surface area (Å²) in [5.41, 5.74) is 0.141. The largest absolute Gasteiger partial charge is 0.385 e. The van der Waals surface area contributed by atoms with Crippen molar-refractivity contribution < 1.29 is 9.90 Å². The Balaban J connectivity index is 2.12. The molecule has 0 radical (unpaired) electrons. The average molecular weight is 236 g/mol. The van der Waals surface area contributed by atoms with Crippen LogP contribution in [0, 0.1) is 28.6 Å². The molecule has 0 heterocycles. The number of Topliss-reactive ketones (excluding diaryl/α,β-unsaturated/α-hetero) is 1. The molecule has 3 rings (SSSR count). The van der Waals surface area contributed by atoms with Crippen LogP contribution in [0.3, 0.4) is 0 Å². The molecule has 2 nitrogen and oxygen atoms in total. The molecule has 5 atom stereocenters. The first-order valence-electron chi connectivity index (χ1n) is 7.10. The summed E-state index contributed by atoms with van der Waals surface area (Å²) in [6.45, 7) is 6.83. The predicted octanol–water partition coefficient (Wildman–Crippen LogP) is 2.79. The van der Waals surface area contributed by atoms with Gasteiger partial charge in [-0.2, -0.15) is 0 Å². The van der Waals surface area contributed by atoms with Crippen LogP contribution < -0.4 is 0 Å². The number of hydrogen-bond donors (Lipinski definition) is 1. The molecule has 0 aliphatic heterocycles. The van der Waals surface area contributed by atoms with E-state index in [1.807, 2.05) is 0 Å². The fourth-order valence-electron chi connectivity index (χ4n) is 5.29. The summed E-state index contributed by atoms with van der Waals surface area (Å²) >= 11 is 0. The quantitative estimate of drug-likeness (QED) is 0.702. The molecule has 3 saturated carbocycles. The van der Waals surface area contributed by atoms with E-state index in [-0.39, 0.29) is 22.5 Å². The molecule has 0 spiro atoms. The minimum Gasteiger partial charge on any atom is -0.385 e. The Morgan fingerprint density at radius 3 is 2.59 bits per heavy atom. The van der Waals surface area contributed by atoms with Gasteiger partial charge in [0, 0.05) is 11.3 Å². The Hall–Kier alpha value is -0.370. The Labute approximate surface area is 104 Å². The topological polar surface area (TPSA) is 37.3 Å². The number of aliphatic hydroxyl groups excluding tert-OH is 1. The second-order valence-corrected chi connectivity index (χ2v) is 7.47. The number of rotatable bonds is 0. The standard InChI is InChI=1S/C15H24O2/c1-14(2)7-4-8-15(3)10-6-5-9(11(10)14)12(16)13(15)17/h9-11,13,17H,4-8H2,1-3H3. The SMILES string of the molecule is CC1(C)CCCC2(C)C(O)C(=O)C3CCC2C31. The number of aliphatic hydroxyl groups is 1. The average Bonchev–Trinajstić information content (AvgIpc) is 2.64. The fourth-order valence-corrected chi connectivity index (χ4v) is 5.29. The lowest BCUT2D eigenvalue weighted by Gasteiger charge is -2.49. The van der Waals surface area contributed by atoms with E-state index in [0.717, 1.165) is 25.7 Å². The maximum Gasteiger partial charge on any atom is 0.165 e. The summed E-state index contributed by atoms with van der Waals surface area (Å²) in [7, 11) is 0. The van der Waals surface area contributed by atoms with Gasteiger partial charge in [0.25, 0.3) is 0 Å². The van der Waals surface area contributed by atoms with Crippen molar-refractivity contribution in [2.24, 2.45) is 28.6 Å². The highest BCUT2D eigenvalue weighted by Gasteiger charge is 2.63. The first-order valence-corrected chi connectivity index (χ1v) is 7.10. The van der Waals surface area contributed by atoms with Crippen LogP contribution in [-0.2, 0) is 4.79 Å². The van der Waals surface area contributed by atoms with E-state index in [4.69, 9.17) is 0 Å². The molecule has 1 N–H and O–H groups in total. The van der Waals surface area contributed by atoms with Gasteiger partial charge in [-0.3, -0.25) is 4.79 Å². The van der Waals surface area contributed by atoms with Crippen LogP contribution in [0.4, 0.5) is 0 Å². The molecule has 2 heteroatoms. The van der Waals surface area contributed by atoms with Gasteiger partial charge in [-0.25, -0.2) is 0 Å². The van der Waals surface area contributed by atoms with Crippen LogP contribution in [0.5, 0.6) is 0 Å². The second-order valence-electron chi connectivity index (χ2n) is 7.47. The third kappa shape index (κ3) is 1.34. The summed E-state index contributed by atoms with van der Waals surface area (Å²) in [4.78, 5) is 12.4. The van der Waals surface area contributed by atoms with Gasteiger partial charge in [-0.1, -0.05) is 27.2 Å². The molecule has 0 aromatic carbocycles. The van der Waals surface area contributed by atoms with Gasteiger partial charge in [-0.05, 0) is 42.9 Å². The number of carbonyl (C=O) groups is 1. The third-order valence-electron chi connectivity index (χ3n) is 6.20. The van der Waals surface area contributed by atoms with E-state index in [0.29, 0.717) is 11.8 Å². The summed E-state index contributed by atoms with van der Waals surface area (Å²) in [5.74, 6) is 1.39. The second kappa shape index (κ2) is 3.34. The molecular weight excluding hydrogens is 212 g/mol. The van der Waals surface area contributed by atoms with Crippen molar-refractivity contribution in [1.29, 1.82) is 0 Å². The first kappa shape index (κ1) is 11.7. The highest BCUT2D eigenvalue weighted by atomic mass is 16.3. The van der Waals surface area contributed by atoms with Crippen LogP contribution in [0.25, 0.3) is 0 Å². The molecule has 3 aliphatic rings. The summed E-state index contributed by atoms with van der Waals surface area (Å²) in [6.07, 6.45) is 4.87. The smallest absolute Gasteiger partial charge is 0.165 e. The van der Waals surface area contributed by atoms with Gasteiger partial charge in [-0.15, -0.1) is 0 Å². The number of ketones is 1. The zero-order valence-electron chi connectivity index (χ0n) is 11.2.